The molecule has 0 atom stereocenters. The molecule has 2 nitrogen and oxygen atoms in total. The molecule has 0 radical (unpaired) electrons. The van der Waals surface area contributed by atoms with Crippen molar-refractivity contribution in [2.45, 2.75) is 6.43 Å². The van der Waals surface area contributed by atoms with E-state index in [1.165, 1.54) is 0 Å². The number of aromatic nitrogens is 1. The van der Waals surface area contributed by atoms with Crippen molar-refractivity contribution in [1.29, 1.82) is 0 Å². The van der Waals surface area contributed by atoms with Crippen molar-refractivity contribution in [3.8, 4) is 5.75 Å². The molecule has 12 heavy (non-hydrogen) atoms. The van der Waals surface area contributed by atoms with Gasteiger partial charge in [-0.05, 0) is 15.9 Å². The van der Waals surface area contributed by atoms with E-state index in [0.29, 0.717) is 0 Å². The lowest BCUT2D eigenvalue weighted by Crippen LogP contribution is -1.90. The topological polar surface area (TPSA) is 33.1 Å². The predicted molar refractivity (Wildman–Crippen MR) is 43.6 cm³/mol. The van der Waals surface area contributed by atoms with Gasteiger partial charge in [-0.2, -0.15) is 0 Å². The molecule has 1 aromatic rings. The molecule has 0 aromatic carbocycles. The van der Waals surface area contributed by atoms with Crippen molar-refractivity contribution in [3.05, 3.63) is 21.4 Å². The van der Waals surface area contributed by atoms with E-state index >= 15 is 0 Å². The molecule has 0 aliphatic heterocycles. The van der Waals surface area contributed by atoms with Crippen LogP contribution in [0.4, 0.5) is 8.78 Å². The zero-order valence-electron chi connectivity index (χ0n) is 5.56. The molecular formula is C6H3BrClF2NO. The third kappa shape index (κ3) is 1.67. The molecular weight excluding hydrogens is 255 g/mol. The summed E-state index contributed by atoms with van der Waals surface area (Å²) >= 11 is 8.22. The molecule has 0 spiro atoms. The van der Waals surface area contributed by atoms with Crippen LogP contribution in [0.25, 0.3) is 0 Å². The first-order valence-corrected chi connectivity index (χ1v) is 4.02. The second kappa shape index (κ2) is 3.53. The summed E-state index contributed by atoms with van der Waals surface area (Å²) in [4.78, 5) is 3.46. The summed E-state index contributed by atoms with van der Waals surface area (Å²) in [6.07, 6.45) is -1.89. The van der Waals surface area contributed by atoms with Gasteiger partial charge in [0.05, 0.1) is 16.2 Å². The van der Waals surface area contributed by atoms with Crippen LogP contribution in [0.3, 0.4) is 0 Å². The number of pyridine rings is 1. The quantitative estimate of drug-likeness (QED) is 0.785. The minimum atomic E-state index is -2.78. The lowest BCUT2D eigenvalue weighted by atomic mass is 10.2. The zero-order valence-corrected chi connectivity index (χ0v) is 7.90. The lowest BCUT2D eigenvalue weighted by molar-refractivity contribution is 0.146. The highest BCUT2D eigenvalue weighted by molar-refractivity contribution is 9.10. The van der Waals surface area contributed by atoms with E-state index in [9.17, 15) is 8.78 Å². The van der Waals surface area contributed by atoms with E-state index < -0.39 is 17.7 Å². The number of hydrogen-bond acceptors (Lipinski definition) is 2. The van der Waals surface area contributed by atoms with Gasteiger partial charge in [0, 0.05) is 0 Å². The highest BCUT2D eigenvalue weighted by Crippen LogP contribution is 2.37. The van der Waals surface area contributed by atoms with E-state index in [1.807, 2.05) is 0 Å². The SMILES string of the molecule is Oc1cnc(Cl)c(Br)c1C(F)F. The van der Waals surface area contributed by atoms with Gasteiger partial charge in [-0.3, -0.25) is 0 Å². The van der Waals surface area contributed by atoms with Crippen LogP contribution >= 0.6 is 27.5 Å². The smallest absolute Gasteiger partial charge is 0.268 e. The molecule has 0 unspecified atom stereocenters. The fraction of sp³-hybridized carbons (Fsp3) is 0.167. The van der Waals surface area contributed by atoms with Crippen LogP contribution in [0, 0.1) is 0 Å². The molecule has 0 amide bonds. The van der Waals surface area contributed by atoms with Gasteiger partial charge >= 0.3 is 0 Å². The predicted octanol–water partition coefficient (Wildman–Crippen LogP) is 3.14. The number of nitrogens with zero attached hydrogens (tertiary/aromatic N) is 1. The molecule has 1 rings (SSSR count). The average molecular weight is 258 g/mol. The summed E-state index contributed by atoms with van der Waals surface area (Å²) in [5, 5.41) is 8.86. The van der Waals surface area contributed by atoms with Crippen molar-refractivity contribution in [2.24, 2.45) is 0 Å². The third-order valence-corrected chi connectivity index (χ3v) is 2.53. The third-order valence-electron chi connectivity index (χ3n) is 1.21. The highest BCUT2D eigenvalue weighted by Gasteiger charge is 2.19. The number of aromatic hydroxyl groups is 1. The van der Waals surface area contributed by atoms with Gasteiger partial charge in [0.15, 0.2) is 0 Å². The molecule has 1 aromatic heterocycles. The van der Waals surface area contributed by atoms with Crippen molar-refractivity contribution in [3.63, 3.8) is 0 Å². The van der Waals surface area contributed by atoms with Crippen LogP contribution in [0.2, 0.25) is 5.15 Å². The minimum absolute atomic E-state index is 0.0702. The fourth-order valence-electron chi connectivity index (χ4n) is 0.675. The molecule has 0 saturated heterocycles. The Labute approximate surface area is 80.3 Å². The van der Waals surface area contributed by atoms with Crippen LogP contribution in [-0.2, 0) is 0 Å². The number of halogens is 4. The van der Waals surface area contributed by atoms with Crippen LogP contribution in [0.15, 0.2) is 10.7 Å². The summed E-state index contributed by atoms with van der Waals surface area (Å²) in [6.45, 7) is 0. The van der Waals surface area contributed by atoms with Gasteiger partial charge in [0.1, 0.15) is 10.9 Å². The van der Waals surface area contributed by atoms with Crippen molar-refractivity contribution in [1.82, 2.24) is 4.98 Å². The normalized spacial score (nSPS) is 10.8. The van der Waals surface area contributed by atoms with Crippen molar-refractivity contribution in [2.75, 3.05) is 0 Å². The van der Waals surface area contributed by atoms with Crippen LogP contribution < -0.4 is 0 Å². The number of alkyl halides is 2. The largest absolute Gasteiger partial charge is 0.506 e. The first-order valence-electron chi connectivity index (χ1n) is 2.85. The lowest BCUT2D eigenvalue weighted by Gasteiger charge is -2.05. The fourth-order valence-corrected chi connectivity index (χ4v) is 1.30. The molecule has 0 aliphatic carbocycles. The molecule has 0 fully saturated rings. The Morgan fingerprint density at radius 1 is 1.58 bits per heavy atom. The van der Waals surface area contributed by atoms with Gasteiger partial charge in [0.2, 0.25) is 0 Å². The summed E-state index contributed by atoms with van der Waals surface area (Å²) in [5.74, 6) is -0.568. The van der Waals surface area contributed by atoms with Gasteiger partial charge < -0.3 is 5.11 Å². The summed E-state index contributed by atoms with van der Waals surface area (Å²) in [5.41, 5.74) is -0.532. The molecule has 1 heterocycles. The Morgan fingerprint density at radius 3 is 2.58 bits per heavy atom. The average Bonchev–Trinajstić information content (AvgIpc) is 1.97. The zero-order chi connectivity index (χ0) is 9.30. The van der Waals surface area contributed by atoms with E-state index in [4.69, 9.17) is 16.7 Å². The van der Waals surface area contributed by atoms with E-state index in [2.05, 4.69) is 20.9 Å². The second-order valence-corrected chi connectivity index (χ2v) is 3.11. The summed E-state index contributed by atoms with van der Waals surface area (Å²) in [6, 6.07) is 0. The summed E-state index contributed by atoms with van der Waals surface area (Å²) < 4.78 is 24.3. The van der Waals surface area contributed by atoms with Gasteiger partial charge in [-0.15, -0.1) is 0 Å². The first-order chi connectivity index (χ1) is 5.54. The Kier molecular flexibility index (Phi) is 2.85. The monoisotopic (exact) mass is 257 g/mol. The number of hydrogen-bond donors (Lipinski definition) is 1. The Hall–Kier alpha value is -0.420. The maximum absolute atomic E-state index is 12.2. The van der Waals surface area contributed by atoms with Crippen LogP contribution in [0.5, 0.6) is 5.75 Å². The van der Waals surface area contributed by atoms with Gasteiger partial charge in [-0.1, -0.05) is 11.6 Å². The van der Waals surface area contributed by atoms with Crippen molar-refractivity contribution < 1.29 is 13.9 Å². The van der Waals surface area contributed by atoms with Crippen LogP contribution in [-0.4, -0.2) is 10.1 Å². The molecule has 0 aliphatic rings. The number of rotatable bonds is 1. The van der Waals surface area contributed by atoms with Gasteiger partial charge in [0.25, 0.3) is 6.43 Å². The second-order valence-electron chi connectivity index (χ2n) is 1.96. The summed E-state index contributed by atoms with van der Waals surface area (Å²) in [7, 11) is 0. The van der Waals surface area contributed by atoms with E-state index in [-0.39, 0.29) is 9.63 Å². The molecule has 66 valence electrons. The maximum atomic E-state index is 12.2. The van der Waals surface area contributed by atoms with E-state index in [0.717, 1.165) is 6.20 Å². The highest BCUT2D eigenvalue weighted by atomic mass is 79.9. The van der Waals surface area contributed by atoms with Crippen LogP contribution in [0.1, 0.15) is 12.0 Å². The molecule has 6 heteroatoms. The standard InChI is InChI=1S/C6H3BrClF2NO/c7-4-3(6(9)10)2(12)1-11-5(4)8/h1,6,12H. The Balaban J connectivity index is 3.33. The van der Waals surface area contributed by atoms with Crippen molar-refractivity contribution >= 4 is 27.5 Å². The Morgan fingerprint density at radius 2 is 2.17 bits per heavy atom. The molecule has 0 bridgehead atoms. The molecule has 1 N–H and O–H groups in total. The minimum Gasteiger partial charge on any atom is -0.506 e. The molecule has 0 saturated carbocycles. The Bertz CT molecular complexity index is 308. The maximum Gasteiger partial charge on any atom is 0.268 e. The van der Waals surface area contributed by atoms with E-state index in [1.54, 1.807) is 0 Å². The first kappa shape index (κ1) is 9.67. The van der Waals surface area contributed by atoms with Gasteiger partial charge in [-0.25, -0.2) is 13.8 Å².